The van der Waals surface area contributed by atoms with E-state index in [0.29, 0.717) is 35.5 Å². The van der Waals surface area contributed by atoms with Crippen LogP contribution in [0.25, 0.3) is 11.4 Å². The van der Waals surface area contributed by atoms with Gasteiger partial charge in [-0.3, -0.25) is 0 Å². The molecule has 142 valence electrons. The van der Waals surface area contributed by atoms with E-state index in [4.69, 9.17) is 19.1 Å². The summed E-state index contributed by atoms with van der Waals surface area (Å²) >= 11 is 0. The number of nitrogens with one attached hydrogen (secondary N) is 1. The van der Waals surface area contributed by atoms with E-state index in [1.54, 1.807) is 6.07 Å². The first kappa shape index (κ1) is 18.7. The lowest BCUT2D eigenvalue weighted by atomic mass is 10.2. The third kappa shape index (κ3) is 4.73. The molecule has 0 unspecified atom stereocenters. The summed E-state index contributed by atoms with van der Waals surface area (Å²) in [5.74, 6) is 1.32. The van der Waals surface area contributed by atoms with Crippen LogP contribution in [0.5, 0.6) is 11.5 Å². The van der Waals surface area contributed by atoms with Gasteiger partial charge in [-0.25, -0.2) is 4.39 Å². The normalized spacial score (nSPS) is 10.6. The maximum atomic E-state index is 13.4. The van der Waals surface area contributed by atoms with Gasteiger partial charge in [0.2, 0.25) is 11.7 Å². The van der Waals surface area contributed by atoms with Crippen molar-refractivity contribution in [3.8, 4) is 22.9 Å². The minimum Gasteiger partial charge on any atom is -0.493 e. The molecule has 2 aromatic carbocycles. The predicted molar refractivity (Wildman–Crippen MR) is 97.2 cm³/mol. The van der Waals surface area contributed by atoms with Gasteiger partial charge in [0.15, 0.2) is 0 Å². The van der Waals surface area contributed by atoms with Crippen LogP contribution in [0.4, 0.5) is 10.1 Å². The number of aliphatic hydroxyl groups excluding tert-OH is 1. The minimum atomic E-state index is -0.430. The van der Waals surface area contributed by atoms with Crippen LogP contribution in [-0.2, 0) is 6.54 Å². The monoisotopic (exact) mass is 373 g/mol. The van der Waals surface area contributed by atoms with Crippen LogP contribution in [0.2, 0.25) is 0 Å². The van der Waals surface area contributed by atoms with Gasteiger partial charge in [0.25, 0.3) is 0 Å². The van der Waals surface area contributed by atoms with E-state index in [1.165, 1.54) is 12.1 Å². The van der Waals surface area contributed by atoms with E-state index in [0.717, 1.165) is 5.56 Å². The molecule has 0 atom stereocenters. The molecule has 0 spiro atoms. The molecule has 0 saturated carbocycles. The number of anilines is 1. The second-order valence-corrected chi connectivity index (χ2v) is 5.51. The molecule has 0 bridgehead atoms. The first-order valence-electron chi connectivity index (χ1n) is 8.53. The van der Waals surface area contributed by atoms with E-state index >= 15 is 0 Å². The van der Waals surface area contributed by atoms with Crippen molar-refractivity contribution in [1.82, 2.24) is 10.1 Å². The highest BCUT2D eigenvalue weighted by Gasteiger charge is 2.14. The topological polar surface area (TPSA) is 89.6 Å². The van der Waals surface area contributed by atoms with Gasteiger partial charge in [-0.1, -0.05) is 17.3 Å². The Morgan fingerprint density at radius 2 is 2.00 bits per heavy atom. The Morgan fingerprint density at radius 3 is 2.81 bits per heavy atom. The van der Waals surface area contributed by atoms with Crippen LogP contribution in [-0.4, -0.2) is 35.1 Å². The first-order valence-corrected chi connectivity index (χ1v) is 8.53. The van der Waals surface area contributed by atoms with Gasteiger partial charge in [-0.2, -0.15) is 4.98 Å². The Bertz CT molecular complexity index is 885. The summed E-state index contributed by atoms with van der Waals surface area (Å²) in [4.78, 5) is 4.37. The highest BCUT2D eigenvalue weighted by atomic mass is 19.1. The molecule has 0 aliphatic carbocycles. The maximum Gasteiger partial charge on any atom is 0.246 e. The van der Waals surface area contributed by atoms with Crippen LogP contribution < -0.4 is 14.8 Å². The summed E-state index contributed by atoms with van der Waals surface area (Å²) in [6.45, 7) is 2.57. The number of rotatable bonds is 9. The number of hydrogen-bond donors (Lipinski definition) is 2. The van der Waals surface area contributed by atoms with Crippen molar-refractivity contribution in [3.05, 3.63) is 54.2 Å². The fraction of sp³-hybridized carbons (Fsp3) is 0.263. The van der Waals surface area contributed by atoms with Crippen molar-refractivity contribution < 1.29 is 23.5 Å². The van der Waals surface area contributed by atoms with Crippen LogP contribution in [0, 0.1) is 5.82 Å². The quantitative estimate of drug-likeness (QED) is 0.595. The summed E-state index contributed by atoms with van der Waals surface area (Å²) in [5.41, 5.74) is 1.29. The van der Waals surface area contributed by atoms with Gasteiger partial charge in [-0.15, -0.1) is 0 Å². The Kier molecular flexibility index (Phi) is 6.22. The largest absolute Gasteiger partial charge is 0.493 e. The number of para-hydroxylation sites is 1. The number of halogens is 1. The molecule has 7 nitrogen and oxygen atoms in total. The summed E-state index contributed by atoms with van der Waals surface area (Å²) < 4.78 is 29.6. The zero-order valence-corrected chi connectivity index (χ0v) is 14.8. The lowest BCUT2D eigenvalue weighted by Crippen LogP contribution is -2.06. The SMILES string of the molecule is CCOc1ccccc1-c1noc(CNc2ccc(F)cc2OCCO)n1. The van der Waals surface area contributed by atoms with E-state index in [9.17, 15) is 4.39 Å². The predicted octanol–water partition coefficient (Wildman–Crippen LogP) is 3.26. The van der Waals surface area contributed by atoms with Crippen molar-refractivity contribution in [1.29, 1.82) is 0 Å². The van der Waals surface area contributed by atoms with Gasteiger partial charge in [-0.05, 0) is 31.2 Å². The molecule has 1 heterocycles. The van der Waals surface area contributed by atoms with Crippen LogP contribution in [0.3, 0.4) is 0 Å². The van der Waals surface area contributed by atoms with Crippen LogP contribution >= 0.6 is 0 Å². The van der Waals surface area contributed by atoms with Crippen molar-refractivity contribution in [3.63, 3.8) is 0 Å². The third-order valence-corrected chi connectivity index (χ3v) is 3.62. The van der Waals surface area contributed by atoms with E-state index in [-0.39, 0.29) is 19.8 Å². The molecule has 3 rings (SSSR count). The Balaban J connectivity index is 1.72. The summed E-state index contributed by atoms with van der Waals surface area (Å²) in [6.07, 6.45) is 0. The standard InChI is InChI=1S/C19H20FN3O4/c1-2-25-16-6-4-3-5-14(16)19-22-18(27-23-19)12-21-15-8-7-13(20)11-17(15)26-10-9-24/h3-8,11,21,24H,2,9-10,12H2,1H3. The number of aliphatic hydroxyl groups is 1. The van der Waals surface area contributed by atoms with Gasteiger partial charge < -0.3 is 24.4 Å². The fourth-order valence-electron chi connectivity index (χ4n) is 2.46. The first-order chi connectivity index (χ1) is 13.2. The fourth-order valence-corrected chi connectivity index (χ4v) is 2.46. The number of aromatic nitrogens is 2. The maximum absolute atomic E-state index is 13.4. The molecule has 0 radical (unpaired) electrons. The minimum absolute atomic E-state index is 0.0665. The van der Waals surface area contributed by atoms with E-state index in [2.05, 4.69) is 15.5 Å². The molecule has 2 N–H and O–H groups in total. The summed E-state index contributed by atoms with van der Waals surface area (Å²) in [6, 6.07) is 11.5. The van der Waals surface area contributed by atoms with Crippen molar-refractivity contribution >= 4 is 5.69 Å². The number of ether oxygens (including phenoxy) is 2. The average molecular weight is 373 g/mol. The highest BCUT2D eigenvalue weighted by Crippen LogP contribution is 2.28. The number of benzene rings is 2. The van der Waals surface area contributed by atoms with Crippen molar-refractivity contribution in [2.45, 2.75) is 13.5 Å². The molecule has 0 amide bonds. The third-order valence-electron chi connectivity index (χ3n) is 3.62. The van der Waals surface area contributed by atoms with Crippen LogP contribution in [0.15, 0.2) is 47.0 Å². The second-order valence-electron chi connectivity index (χ2n) is 5.51. The van der Waals surface area contributed by atoms with E-state index in [1.807, 2.05) is 31.2 Å². The molecule has 0 aliphatic heterocycles. The zero-order valence-electron chi connectivity index (χ0n) is 14.8. The number of nitrogens with zero attached hydrogens (tertiary/aromatic N) is 2. The average Bonchev–Trinajstić information content (AvgIpc) is 3.15. The van der Waals surface area contributed by atoms with Crippen LogP contribution in [0.1, 0.15) is 12.8 Å². The smallest absolute Gasteiger partial charge is 0.246 e. The molecule has 0 fully saturated rings. The van der Waals surface area contributed by atoms with Gasteiger partial charge in [0, 0.05) is 6.07 Å². The zero-order chi connectivity index (χ0) is 19.1. The molecular weight excluding hydrogens is 353 g/mol. The molecule has 1 aromatic heterocycles. The lowest BCUT2D eigenvalue weighted by molar-refractivity contribution is 0.201. The summed E-state index contributed by atoms with van der Waals surface area (Å²) in [7, 11) is 0. The Hall–Kier alpha value is -3.13. The Labute approximate surface area is 155 Å². The molecule has 8 heteroatoms. The molecule has 0 aliphatic rings. The summed E-state index contributed by atoms with van der Waals surface area (Å²) in [5, 5.41) is 16.0. The molecule has 3 aromatic rings. The van der Waals surface area contributed by atoms with E-state index < -0.39 is 5.82 Å². The lowest BCUT2D eigenvalue weighted by Gasteiger charge is -2.11. The Morgan fingerprint density at radius 1 is 1.15 bits per heavy atom. The van der Waals surface area contributed by atoms with Crippen molar-refractivity contribution in [2.75, 3.05) is 25.1 Å². The highest BCUT2D eigenvalue weighted by molar-refractivity contribution is 5.63. The molecule has 27 heavy (non-hydrogen) atoms. The van der Waals surface area contributed by atoms with Gasteiger partial charge >= 0.3 is 0 Å². The molecular formula is C19H20FN3O4. The second kappa shape index (κ2) is 9.00. The molecule has 0 saturated heterocycles. The van der Waals surface area contributed by atoms with Gasteiger partial charge in [0.1, 0.15) is 23.9 Å². The number of hydrogen-bond acceptors (Lipinski definition) is 7. The van der Waals surface area contributed by atoms with Crippen molar-refractivity contribution in [2.24, 2.45) is 0 Å². The van der Waals surface area contributed by atoms with Gasteiger partial charge in [0.05, 0.1) is 31.0 Å².